The molecule has 3 heteroatoms. The fourth-order valence-corrected chi connectivity index (χ4v) is 2.81. The number of aliphatic hydroxyl groups excluding tert-OH is 1. The third kappa shape index (κ3) is 2.71. The van der Waals surface area contributed by atoms with E-state index in [2.05, 4.69) is 13.8 Å². The first-order chi connectivity index (χ1) is 7.03. The van der Waals surface area contributed by atoms with Crippen LogP contribution < -0.4 is 0 Å². The maximum atomic E-state index is 10.5. The van der Waals surface area contributed by atoms with Crippen molar-refractivity contribution in [1.82, 2.24) is 0 Å². The molecule has 1 aliphatic rings. The molecule has 0 saturated heterocycles. The van der Waals surface area contributed by atoms with Gasteiger partial charge in [0.1, 0.15) is 6.10 Å². The molecule has 1 saturated carbocycles. The maximum absolute atomic E-state index is 10.5. The highest BCUT2D eigenvalue weighted by molar-refractivity contribution is 5.37. The minimum Gasteiger partial charge on any atom is -0.464 e. The van der Waals surface area contributed by atoms with Crippen molar-refractivity contribution < 1.29 is 14.6 Å². The van der Waals surface area contributed by atoms with Gasteiger partial charge in [-0.1, -0.05) is 20.8 Å². The number of ether oxygens (including phenoxy) is 1. The SMILES string of the molecule is CC1CC[C@](C)(CO)C(OC=O)[C@@H](C)C1. The van der Waals surface area contributed by atoms with Crippen molar-refractivity contribution in [2.45, 2.75) is 46.1 Å². The standard InChI is InChI=1S/C12H22O3/c1-9-4-5-12(3,7-13)11(15-8-14)10(2)6-9/h8-11,13H,4-7H2,1-3H3/t9?,10-,11?,12+/m0/s1. The van der Waals surface area contributed by atoms with Crippen molar-refractivity contribution in [2.75, 3.05) is 6.61 Å². The van der Waals surface area contributed by atoms with Gasteiger partial charge in [0.05, 0.1) is 6.61 Å². The van der Waals surface area contributed by atoms with E-state index in [-0.39, 0.29) is 18.1 Å². The molecular weight excluding hydrogens is 192 g/mol. The molecule has 0 heterocycles. The lowest BCUT2D eigenvalue weighted by atomic mass is 9.77. The van der Waals surface area contributed by atoms with E-state index in [9.17, 15) is 9.90 Å². The number of carbonyl (C=O) groups is 1. The maximum Gasteiger partial charge on any atom is 0.293 e. The Morgan fingerprint density at radius 1 is 1.53 bits per heavy atom. The predicted octanol–water partition coefficient (Wildman–Crippen LogP) is 1.98. The topological polar surface area (TPSA) is 46.5 Å². The van der Waals surface area contributed by atoms with Crippen LogP contribution in [0.5, 0.6) is 0 Å². The molecule has 0 aromatic rings. The summed E-state index contributed by atoms with van der Waals surface area (Å²) in [5.74, 6) is 0.968. The lowest BCUT2D eigenvalue weighted by molar-refractivity contribution is -0.146. The fraction of sp³-hybridized carbons (Fsp3) is 0.917. The number of hydrogen-bond acceptors (Lipinski definition) is 3. The number of hydrogen-bond donors (Lipinski definition) is 1. The van der Waals surface area contributed by atoms with Crippen molar-refractivity contribution in [3.63, 3.8) is 0 Å². The van der Waals surface area contributed by atoms with E-state index in [1.807, 2.05) is 6.92 Å². The molecular formula is C12H22O3. The Morgan fingerprint density at radius 2 is 2.20 bits per heavy atom. The normalized spacial score (nSPS) is 42.0. The summed E-state index contributed by atoms with van der Waals surface area (Å²) >= 11 is 0. The Bertz CT molecular complexity index is 217. The first-order valence-electron chi connectivity index (χ1n) is 5.73. The summed E-state index contributed by atoms with van der Waals surface area (Å²) in [6.07, 6.45) is 2.94. The van der Waals surface area contributed by atoms with Crippen LogP contribution in [0, 0.1) is 17.3 Å². The molecule has 0 aliphatic heterocycles. The number of carbonyl (C=O) groups excluding carboxylic acids is 1. The summed E-state index contributed by atoms with van der Waals surface area (Å²) in [5, 5.41) is 9.48. The van der Waals surface area contributed by atoms with Gasteiger partial charge in [0, 0.05) is 5.41 Å². The average Bonchev–Trinajstić information content (AvgIpc) is 2.31. The summed E-state index contributed by atoms with van der Waals surface area (Å²) in [4.78, 5) is 10.5. The van der Waals surface area contributed by atoms with Crippen molar-refractivity contribution in [3.8, 4) is 0 Å². The molecule has 2 unspecified atom stereocenters. The second-order valence-electron chi connectivity index (χ2n) is 5.32. The molecule has 88 valence electrons. The van der Waals surface area contributed by atoms with Crippen LogP contribution in [0.15, 0.2) is 0 Å². The first-order valence-corrected chi connectivity index (χ1v) is 5.73. The monoisotopic (exact) mass is 214 g/mol. The molecule has 15 heavy (non-hydrogen) atoms. The van der Waals surface area contributed by atoms with Gasteiger partial charge in [0.15, 0.2) is 0 Å². The highest BCUT2D eigenvalue weighted by atomic mass is 16.5. The van der Waals surface area contributed by atoms with Gasteiger partial charge in [0.2, 0.25) is 0 Å². The summed E-state index contributed by atoms with van der Waals surface area (Å²) in [6.45, 7) is 6.94. The molecule has 0 spiro atoms. The Morgan fingerprint density at radius 3 is 2.73 bits per heavy atom. The largest absolute Gasteiger partial charge is 0.464 e. The van der Waals surface area contributed by atoms with E-state index < -0.39 is 0 Å². The van der Waals surface area contributed by atoms with Gasteiger partial charge in [-0.3, -0.25) is 4.79 Å². The lowest BCUT2D eigenvalue weighted by Gasteiger charge is -2.36. The fourth-order valence-electron chi connectivity index (χ4n) is 2.81. The van der Waals surface area contributed by atoms with Gasteiger partial charge in [-0.25, -0.2) is 0 Å². The highest BCUT2D eigenvalue weighted by Gasteiger charge is 2.41. The zero-order valence-electron chi connectivity index (χ0n) is 9.90. The van der Waals surface area contributed by atoms with Crippen LogP contribution >= 0.6 is 0 Å². The molecule has 3 nitrogen and oxygen atoms in total. The molecule has 0 aromatic carbocycles. The molecule has 1 N–H and O–H groups in total. The van der Waals surface area contributed by atoms with Gasteiger partial charge < -0.3 is 9.84 Å². The molecule has 1 rings (SSSR count). The van der Waals surface area contributed by atoms with Gasteiger partial charge >= 0.3 is 0 Å². The molecule has 1 aliphatic carbocycles. The van der Waals surface area contributed by atoms with E-state index in [0.717, 1.165) is 19.3 Å². The highest BCUT2D eigenvalue weighted by Crippen LogP contribution is 2.40. The zero-order chi connectivity index (χ0) is 11.5. The summed E-state index contributed by atoms with van der Waals surface area (Å²) in [7, 11) is 0. The van der Waals surface area contributed by atoms with E-state index in [1.54, 1.807) is 0 Å². The van der Waals surface area contributed by atoms with E-state index in [1.165, 1.54) is 0 Å². The third-order valence-electron chi connectivity index (χ3n) is 3.75. The molecule has 1 fully saturated rings. The second kappa shape index (κ2) is 4.97. The Labute approximate surface area is 91.8 Å². The van der Waals surface area contributed by atoms with E-state index >= 15 is 0 Å². The Kier molecular flexibility index (Phi) is 4.14. The lowest BCUT2D eigenvalue weighted by Crippen LogP contribution is -2.40. The van der Waals surface area contributed by atoms with Crippen LogP contribution in [0.2, 0.25) is 0 Å². The zero-order valence-corrected chi connectivity index (χ0v) is 9.90. The van der Waals surface area contributed by atoms with Gasteiger partial charge in [-0.05, 0) is 31.1 Å². The third-order valence-corrected chi connectivity index (χ3v) is 3.75. The van der Waals surface area contributed by atoms with Crippen LogP contribution in [-0.4, -0.2) is 24.3 Å². The summed E-state index contributed by atoms with van der Waals surface area (Å²) in [5.41, 5.74) is -0.273. The molecule has 0 aromatic heterocycles. The Hall–Kier alpha value is -0.570. The van der Waals surface area contributed by atoms with Crippen LogP contribution in [0.3, 0.4) is 0 Å². The average molecular weight is 214 g/mol. The van der Waals surface area contributed by atoms with Crippen LogP contribution in [0.25, 0.3) is 0 Å². The molecule has 4 atom stereocenters. The van der Waals surface area contributed by atoms with Gasteiger partial charge in [-0.2, -0.15) is 0 Å². The summed E-state index contributed by atoms with van der Waals surface area (Å²) in [6, 6.07) is 0. The predicted molar refractivity (Wildman–Crippen MR) is 58.3 cm³/mol. The smallest absolute Gasteiger partial charge is 0.293 e. The van der Waals surface area contributed by atoms with Crippen LogP contribution in [0.1, 0.15) is 40.0 Å². The minimum atomic E-state index is -0.273. The van der Waals surface area contributed by atoms with Crippen molar-refractivity contribution in [1.29, 1.82) is 0 Å². The first kappa shape index (κ1) is 12.5. The number of aliphatic hydroxyl groups is 1. The molecule has 0 radical (unpaired) electrons. The van der Waals surface area contributed by atoms with Crippen molar-refractivity contribution in [3.05, 3.63) is 0 Å². The summed E-state index contributed by atoms with van der Waals surface area (Å²) < 4.78 is 5.19. The van der Waals surface area contributed by atoms with Crippen LogP contribution in [-0.2, 0) is 9.53 Å². The van der Waals surface area contributed by atoms with Crippen molar-refractivity contribution >= 4 is 6.47 Å². The van der Waals surface area contributed by atoms with Crippen molar-refractivity contribution in [2.24, 2.45) is 17.3 Å². The Balaban J connectivity index is 2.85. The second-order valence-corrected chi connectivity index (χ2v) is 5.32. The molecule has 0 amide bonds. The van der Waals surface area contributed by atoms with Gasteiger partial charge in [-0.15, -0.1) is 0 Å². The minimum absolute atomic E-state index is 0.0859. The van der Waals surface area contributed by atoms with Crippen LogP contribution in [0.4, 0.5) is 0 Å². The quantitative estimate of drug-likeness (QED) is 0.577. The van der Waals surface area contributed by atoms with E-state index in [0.29, 0.717) is 18.3 Å². The van der Waals surface area contributed by atoms with E-state index in [4.69, 9.17) is 4.74 Å². The number of rotatable bonds is 3. The molecule has 0 bridgehead atoms. The van der Waals surface area contributed by atoms with Gasteiger partial charge in [0.25, 0.3) is 6.47 Å².